The Bertz CT molecular complexity index is 1280. The third kappa shape index (κ3) is 4.08. The fourth-order valence-electron chi connectivity index (χ4n) is 3.14. The van der Waals surface area contributed by atoms with Gasteiger partial charge in [0, 0.05) is 24.7 Å². The molecule has 4 aromatic rings. The van der Waals surface area contributed by atoms with Gasteiger partial charge in [-0.15, -0.1) is 0 Å². The number of pyridine rings is 1. The van der Waals surface area contributed by atoms with Gasteiger partial charge in [0.1, 0.15) is 6.61 Å². The summed E-state index contributed by atoms with van der Waals surface area (Å²) in [5, 5.41) is 0. The van der Waals surface area contributed by atoms with E-state index in [-0.39, 0.29) is 6.61 Å². The van der Waals surface area contributed by atoms with E-state index in [0.717, 1.165) is 22.4 Å². The highest BCUT2D eigenvalue weighted by Gasteiger charge is 2.11. The zero-order valence-corrected chi connectivity index (χ0v) is 16.2. The molecule has 0 bridgehead atoms. The molecular formula is C22H21N3O4. The van der Waals surface area contributed by atoms with Crippen molar-refractivity contribution in [1.29, 1.82) is 0 Å². The largest absolute Gasteiger partial charge is 0.488 e. The molecule has 7 heteroatoms. The van der Waals surface area contributed by atoms with Gasteiger partial charge in [0.15, 0.2) is 17.2 Å². The Labute approximate surface area is 166 Å². The average Bonchev–Trinajstić information content (AvgIpc) is 3.14. The number of rotatable bonds is 6. The van der Waals surface area contributed by atoms with Crippen molar-refractivity contribution >= 4 is 5.52 Å². The van der Waals surface area contributed by atoms with Crippen LogP contribution in [-0.2, 0) is 6.54 Å². The van der Waals surface area contributed by atoms with E-state index in [9.17, 15) is 9.59 Å². The minimum absolute atomic E-state index is 0.250. The van der Waals surface area contributed by atoms with Gasteiger partial charge in [-0.1, -0.05) is 6.07 Å². The summed E-state index contributed by atoms with van der Waals surface area (Å²) < 4.78 is 15.5. The number of fused-ring (bicyclic) bond motifs is 1. The average molecular weight is 391 g/mol. The second kappa shape index (κ2) is 7.71. The van der Waals surface area contributed by atoms with Gasteiger partial charge in [-0.25, -0.2) is 4.79 Å². The minimum Gasteiger partial charge on any atom is -0.488 e. The third-order valence-corrected chi connectivity index (χ3v) is 4.54. The van der Waals surface area contributed by atoms with Gasteiger partial charge < -0.3 is 13.9 Å². The van der Waals surface area contributed by atoms with Crippen LogP contribution >= 0.6 is 0 Å². The highest BCUT2D eigenvalue weighted by molar-refractivity contribution is 5.63. The van der Waals surface area contributed by atoms with E-state index in [0.29, 0.717) is 18.0 Å². The normalized spacial score (nSPS) is 11.0. The molecule has 0 amide bonds. The molecule has 29 heavy (non-hydrogen) atoms. The highest BCUT2D eigenvalue weighted by Crippen LogP contribution is 2.35. The van der Waals surface area contributed by atoms with Gasteiger partial charge in [0.05, 0.1) is 12.1 Å². The van der Waals surface area contributed by atoms with E-state index >= 15 is 0 Å². The first-order chi connectivity index (χ1) is 14.0. The van der Waals surface area contributed by atoms with Gasteiger partial charge in [-0.2, -0.15) is 0 Å². The van der Waals surface area contributed by atoms with Gasteiger partial charge in [-0.3, -0.25) is 14.3 Å². The second-order valence-corrected chi connectivity index (χ2v) is 6.89. The van der Waals surface area contributed by atoms with E-state index in [1.165, 1.54) is 16.8 Å². The standard InChI is InChI=1S/C22H21N3O4/c1-15-5-6-18(29-19-13-16(2)14-25-8-3-4-17(19)25)20(12-15)28-11-10-24-9-7-21(26)23-22(24)27/h3-9,12-14H,10-11H2,1-2H3,(H,23,26,27). The Balaban J connectivity index is 1.56. The summed E-state index contributed by atoms with van der Waals surface area (Å²) in [6.45, 7) is 4.54. The number of H-pyrrole nitrogens is 1. The SMILES string of the molecule is Cc1ccc(Oc2cc(C)cn3cccc23)c(OCCn2ccc(=O)[nH]c2=O)c1. The van der Waals surface area contributed by atoms with Crippen LogP contribution < -0.4 is 20.7 Å². The number of hydrogen-bond acceptors (Lipinski definition) is 4. The Morgan fingerprint density at radius 3 is 2.59 bits per heavy atom. The molecule has 0 saturated carbocycles. The maximum absolute atomic E-state index is 11.8. The van der Waals surface area contributed by atoms with Gasteiger partial charge >= 0.3 is 5.69 Å². The summed E-state index contributed by atoms with van der Waals surface area (Å²) in [5.74, 6) is 1.92. The van der Waals surface area contributed by atoms with Gasteiger partial charge in [-0.05, 0) is 55.3 Å². The van der Waals surface area contributed by atoms with Gasteiger partial charge in [0.2, 0.25) is 0 Å². The van der Waals surface area contributed by atoms with Crippen molar-refractivity contribution in [2.75, 3.05) is 6.61 Å². The van der Waals surface area contributed by atoms with Crippen LogP contribution in [0.5, 0.6) is 17.2 Å². The molecular weight excluding hydrogens is 370 g/mol. The number of aromatic amines is 1. The molecule has 1 aromatic carbocycles. The van der Waals surface area contributed by atoms with Crippen LogP contribution in [0, 0.1) is 13.8 Å². The number of benzene rings is 1. The number of nitrogens with zero attached hydrogens (tertiary/aromatic N) is 2. The Hall–Kier alpha value is -3.74. The molecule has 1 N–H and O–H groups in total. The molecule has 0 atom stereocenters. The van der Waals surface area contributed by atoms with Crippen molar-refractivity contribution in [3.8, 4) is 17.2 Å². The van der Waals surface area contributed by atoms with E-state index in [4.69, 9.17) is 9.47 Å². The topological polar surface area (TPSA) is 77.7 Å². The van der Waals surface area contributed by atoms with Crippen molar-refractivity contribution in [3.05, 3.63) is 93.0 Å². The number of hydrogen-bond donors (Lipinski definition) is 1. The van der Waals surface area contributed by atoms with Crippen LogP contribution in [0.1, 0.15) is 11.1 Å². The molecule has 0 saturated heterocycles. The number of aryl methyl sites for hydroxylation is 2. The molecule has 148 valence electrons. The molecule has 0 unspecified atom stereocenters. The molecule has 3 heterocycles. The summed E-state index contributed by atoms with van der Waals surface area (Å²) in [6, 6.07) is 13.0. The molecule has 0 fully saturated rings. The lowest BCUT2D eigenvalue weighted by atomic mass is 10.2. The van der Waals surface area contributed by atoms with E-state index in [1.807, 2.05) is 67.0 Å². The maximum atomic E-state index is 11.8. The first kappa shape index (κ1) is 18.6. The second-order valence-electron chi connectivity index (χ2n) is 6.89. The summed E-state index contributed by atoms with van der Waals surface area (Å²) in [6.07, 6.45) is 5.47. The molecule has 7 nitrogen and oxygen atoms in total. The first-order valence-electron chi connectivity index (χ1n) is 9.28. The zero-order chi connectivity index (χ0) is 20.4. The predicted molar refractivity (Wildman–Crippen MR) is 110 cm³/mol. The lowest BCUT2D eigenvalue weighted by molar-refractivity contribution is 0.283. The highest BCUT2D eigenvalue weighted by atomic mass is 16.5. The Morgan fingerprint density at radius 2 is 1.76 bits per heavy atom. The number of ether oxygens (including phenoxy) is 2. The summed E-state index contributed by atoms with van der Waals surface area (Å²) >= 11 is 0. The van der Waals surface area contributed by atoms with Crippen LogP contribution in [0.3, 0.4) is 0 Å². The van der Waals surface area contributed by atoms with Crippen LogP contribution in [0.4, 0.5) is 0 Å². The summed E-state index contributed by atoms with van der Waals surface area (Å²) in [4.78, 5) is 25.2. The minimum atomic E-state index is -0.461. The fourth-order valence-corrected chi connectivity index (χ4v) is 3.14. The maximum Gasteiger partial charge on any atom is 0.328 e. The lowest BCUT2D eigenvalue weighted by Crippen LogP contribution is -2.30. The molecule has 0 aliphatic carbocycles. The van der Waals surface area contributed by atoms with Crippen molar-refractivity contribution in [1.82, 2.24) is 14.0 Å². The monoisotopic (exact) mass is 391 g/mol. The molecule has 0 spiro atoms. The molecule has 0 aliphatic heterocycles. The summed E-state index contributed by atoms with van der Waals surface area (Å²) in [5.41, 5.74) is 2.19. The van der Waals surface area contributed by atoms with Crippen molar-refractivity contribution in [2.45, 2.75) is 20.4 Å². The number of aromatic nitrogens is 3. The van der Waals surface area contributed by atoms with Crippen LogP contribution in [0.25, 0.3) is 5.52 Å². The fraction of sp³-hybridized carbons (Fsp3) is 0.182. The summed E-state index contributed by atoms with van der Waals surface area (Å²) in [7, 11) is 0. The van der Waals surface area contributed by atoms with Crippen molar-refractivity contribution in [2.24, 2.45) is 0 Å². The van der Waals surface area contributed by atoms with Gasteiger partial charge in [0.25, 0.3) is 5.56 Å². The van der Waals surface area contributed by atoms with Crippen LogP contribution in [-0.4, -0.2) is 20.6 Å². The van der Waals surface area contributed by atoms with Crippen molar-refractivity contribution in [3.63, 3.8) is 0 Å². The number of nitrogens with one attached hydrogen (secondary N) is 1. The molecule has 3 aromatic heterocycles. The predicted octanol–water partition coefficient (Wildman–Crippen LogP) is 3.28. The molecule has 4 rings (SSSR count). The van der Waals surface area contributed by atoms with Crippen LogP contribution in [0.15, 0.2) is 70.6 Å². The zero-order valence-electron chi connectivity index (χ0n) is 16.2. The quantitative estimate of drug-likeness (QED) is 0.547. The Morgan fingerprint density at radius 1 is 0.931 bits per heavy atom. The first-order valence-corrected chi connectivity index (χ1v) is 9.28. The Kier molecular flexibility index (Phi) is 4.95. The van der Waals surface area contributed by atoms with Crippen molar-refractivity contribution < 1.29 is 9.47 Å². The third-order valence-electron chi connectivity index (χ3n) is 4.54. The molecule has 0 radical (unpaired) electrons. The van der Waals surface area contributed by atoms with E-state index < -0.39 is 11.2 Å². The van der Waals surface area contributed by atoms with E-state index in [2.05, 4.69) is 4.98 Å². The smallest absolute Gasteiger partial charge is 0.328 e. The lowest BCUT2D eigenvalue weighted by Gasteiger charge is -2.15. The molecule has 0 aliphatic rings. The van der Waals surface area contributed by atoms with E-state index in [1.54, 1.807) is 0 Å². The van der Waals surface area contributed by atoms with Crippen LogP contribution in [0.2, 0.25) is 0 Å².